The van der Waals surface area contributed by atoms with Gasteiger partial charge in [-0.25, -0.2) is 4.39 Å². The highest BCUT2D eigenvalue weighted by molar-refractivity contribution is 6.33. The Bertz CT molecular complexity index is 454. The summed E-state index contributed by atoms with van der Waals surface area (Å²) in [5, 5.41) is 6.00. The van der Waals surface area contributed by atoms with Crippen LogP contribution < -0.4 is 10.6 Å². The summed E-state index contributed by atoms with van der Waals surface area (Å²) in [6.45, 7) is 3.50. The number of halogens is 2. The van der Waals surface area contributed by atoms with Crippen LogP contribution in [0.2, 0.25) is 5.02 Å². The van der Waals surface area contributed by atoms with Crippen LogP contribution >= 0.6 is 11.6 Å². The Hall–Kier alpha value is -1.17. The smallest absolute Gasteiger partial charge is 0.241 e. The Morgan fingerprint density at radius 2 is 2.15 bits per heavy atom. The minimum Gasteiger partial charge on any atom is -0.323 e. The van der Waals surface area contributed by atoms with E-state index in [4.69, 9.17) is 11.6 Å². The third-order valence-corrected chi connectivity index (χ3v) is 3.13. The second-order valence-corrected chi connectivity index (χ2v) is 5.35. The van der Waals surface area contributed by atoms with Gasteiger partial charge in [0.05, 0.1) is 16.8 Å². The lowest BCUT2D eigenvalue weighted by Gasteiger charge is -2.15. The first kappa shape index (κ1) is 16.9. The first-order valence-electron chi connectivity index (χ1n) is 6.54. The van der Waals surface area contributed by atoms with E-state index < -0.39 is 5.82 Å². The molecule has 0 aliphatic carbocycles. The molecule has 0 aliphatic heterocycles. The molecule has 2 N–H and O–H groups in total. The zero-order chi connectivity index (χ0) is 15.1. The van der Waals surface area contributed by atoms with E-state index in [1.165, 1.54) is 18.2 Å². The van der Waals surface area contributed by atoms with Crippen molar-refractivity contribution in [2.24, 2.45) is 0 Å². The fourth-order valence-electron chi connectivity index (χ4n) is 1.64. The molecule has 1 aromatic carbocycles. The summed E-state index contributed by atoms with van der Waals surface area (Å²) in [7, 11) is 4.01. The molecule has 0 bridgehead atoms. The first-order valence-corrected chi connectivity index (χ1v) is 6.92. The Morgan fingerprint density at radius 3 is 2.75 bits per heavy atom. The number of benzene rings is 1. The second kappa shape index (κ2) is 8.19. The molecule has 0 saturated carbocycles. The molecular weight excluding hydrogens is 281 g/mol. The van der Waals surface area contributed by atoms with Gasteiger partial charge >= 0.3 is 0 Å². The van der Waals surface area contributed by atoms with Gasteiger partial charge in [-0.1, -0.05) is 11.6 Å². The average molecular weight is 302 g/mol. The minimum atomic E-state index is -0.428. The van der Waals surface area contributed by atoms with Crippen molar-refractivity contribution < 1.29 is 9.18 Å². The van der Waals surface area contributed by atoms with Crippen LogP contribution in [0.15, 0.2) is 18.2 Å². The van der Waals surface area contributed by atoms with E-state index in [0.717, 1.165) is 19.5 Å². The van der Waals surface area contributed by atoms with Crippen molar-refractivity contribution in [3.63, 3.8) is 0 Å². The molecule has 0 radical (unpaired) electrons. The number of rotatable bonds is 7. The summed E-state index contributed by atoms with van der Waals surface area (Å²) in [6.07, 6.45) is 0.960. The van der Waals surface area contributed by atoms with Gasteiger partial charge in [0, 0.05) is 0 Å². The lowest BCUT2D eigenvalue weighted by atomic mass is 10.2. The normalized spacial score (nSPS) is 12.5. The number of hydrogen-bond donors (Lipinski definition) is 2. The SMILES string of the molecule is C[C@H](NCCCN(C)C)C(=O)Nc1ccc(F)cc1Cl. The Morgan fingerprint density at radius 1 is 1.45 bits per heavy atom. The molecule has 0 unspecified atom stereocenters. The van der Waals surface area contributed by atoms with Crippen molar-refractivity contribution in [1.82, 2.24) is 10.2 Å². The molecule has 0 aromatic heterocycles. The topological polar surface area (TPSA) is 44.4 Å². The van der Waals surface area contributed by atoms with E-state index in [9.17, 15) is 9.18 Å². The van der Waals surface area contributed by atoms with E-state index in [1.807, 2.05) is 14.1 Å². The van der Waals surface area contributed by atoms with Gasteiger partial charge in [-0.15, -0.1) is 0 Å². The maximum atomic E-state index is 12.9. The van der Waals surface area contributed by atoms with Crippen LogP contribution in [0.25, 0.3) is 0 Å². The number of nitrogens with one attached hydrogen (secondary N) is 2. The quantitative estimate of drug-likeness (QED) is 0.760. The summed E-state index contributed by atoms with van der Waals surface area (Å²) in [5.74, 6) is -0.619. The van der Waals surface area contributed by atoms with Crippen LogP contribution in [0, 0.1) is 5.82 Å². The van der Waals surface area contributed by atoms with Crippen LogP contribution in [0.3, 0.4) is 0 Å². The largest absolute Gasteiger partial charge is 0.323 e. The molecule has 1 amide bonds. The molecule has 4 nitrogen and oxygen atoms in total. The van der Waals surface area contributed by atoms with Gasteiger partial charge in [0.25, 0.3) is 0 Å². The van der Waals surface area contributed by atoms with Crippen LogP contribution in [0.4, 0.5) is 10.1 Å². The number of amides is 1. The van der Waals surface area contributed by atoms with Gasteiger partial charge in [-0.2, -0.15) is 0 Å². The van der Waals surface area contributed by atoms with Crippen LogP contribution in [-0.4, -0.2) is 44.0 Å². The molecule has 112 valence electrons. The number of hydrogen-bond acceptors (Lipinski definition) is 3. The molecule has 0 heterocycles. The van der Waals surface area contributed by atoms with Crippen molar-refractivity contribution in [1.29, 1.82) is 0 Å². The van der Waals surface area contributed by atoms with Gasteiger partial charge < -0.3 is 15.5 Å². The summed E-state index contributed by atoms with van der Waals surface area (Å²) < 4.78 is 12.9. The first-order chi connectivity index (χ1) is 9.40. The van der Waals surface area contributed by atoms with E-state index in [2.05, 4.69) is 15.5 Å². The number of nitrogens with zero attached hydrogens (tertiary/aromatic N) is 1. The average Bonchev–Trinajstić information content (AvgIpc) is 2.37. The van der Waals surface area contributed by atoms with E-state index in [0.29, 0.717) is 5.69 Å². The van der Waals surface area contributed by atoms with E-state index >= 15 is 0 Å². The Balaban J connectivity index is 2.41. The molecule has 1 rings (SSSR count). The molecule has 1 aromatic rings. The lowest BCUT2D eigenvalue weighted by molar-refractivity contribution is -0.117. The summed E-state index contributed by atoms with van der Waals surface area (Å²) in [6, 6.07) is 3.55. The molecule has 0 fully saturated rings. The van der Waals surface area contributed by atoms with E-state index in [1.54, 1.807) is 6.92 Å². The molecule has 20 heavy (non-hydrogen) atoms. The van der Waals surface area contributed by atoms with E-state index in [-0.39, 0.29) is 17.0 Å². The summed E-state index contributed by atoms with van der Waals surface area (Å²) in [5.41, 5.74) is 0.417. The molecule has 0 aliphatic rings. The van der Waals surface area contributed by atoms with Gasteiger partial charge in [0.2, 0.25) is 5.91 Å². The van der Waals surface area contributed by atoms with Gasteiger partial charge in [-0.05, 0) is 58.7 Å². The minimum absolute atomic E-state index is 0.191. The lowest BCUT2D eigenvalue weighted by Crippen LogP contribution is -2.39. The second-order valence-electron chi connectivity index (χ2n) is 4.95. The highest BCUT2D eigenvalue weighted by Gasteiger charge is 2.13. The van der Waals surface area contributed by atoms with Crippen LogP contribution in [-0.2, 0) is 4.79 Å². The van der Waals surface area contributed by atoms with Crippen molar-refractivity contribution in [3.05, 3.63) is 29.0 Å². The third kappa shape index (κ3) is 5.86. The molecule has 0 saturated heterocycles. The predicted molar refractivity (Wildman–Crippen MR) is 80.7 cm³/mol. The van der Waals surface area contributed by atoms with Crippen molar-refractivity contribution >= 4 is 23.2 Å². The molecule has 1 atom stereocenters. The van der Waals surface area contributed by atoms with Gasteiger partial charge in [0.15, 0.2) is 0 Å². The zero-order valence-electron chi connectivity index (χ0n) is 12.0. The Kier molecular flexibility index (Phi) is 6.91. The molecule has 6 heteroatoms. The monoisotopic (exact) mass is 301 g/mol. The summed E-state index contributed by atoms with van der Waals surface area (Å²) >= 11 is 5.86. The third-order valence-electron chi connectivity index (χ3n) is 2.81. The fraction of sp³-hybridized carbons (Fsp3) is 0.500. The molecule has 0 spiro atoms. The maximum Gasteiger partial charge on any atom is 0.241 e. The van der Waals surface area contributed by atoms with Crippen molar-refractivity contribution in [2.75, 3.05) is 32.5 Å². The maximum absolute atomic E-state index is 12.9. The molecular formula is C14H21ClFN3O. The highest BCUT2D eigenvalue weighted by atomic mass is 35.5. The van der Waals surface area contributed by atoms with Crippen LogP contribution in [0.5, 0.6) is 0 Å². The highest BCUT2D eigenvalue weighted by Crippen LogP contribution is 2.22. The standard InChI is InChI=1S/C14H21ClFN3O/c1-10(17-7-4-8-19(2)3)14(20)18-13-6-5-11(16)9-12(13)15/h5-6,9-10,17H,4,7-8H2,1-3H3,(H,18,20)/t10-/m0/s1. The number of carbonyl (C=O) groups is 1. The number of anilines is 1. The van der Waals surface area contributed by atoms with Crippen LogP contribution in [0.1, 0.15) is 13.3 Å². The summed E-state index contributed by atoms with van der Waals surface area (Å²) in [4.78, 5) is 14.0. The Labute approximate surface area is 124 Å². The van der Waals surface area contributed by atoms with Crippen molar-refractivity contribution in [3.8, 4) is 0 Å². The fourth-order valence-corrected chi connectivity index (χ4v) is 1.85. The number of carbonyl (C=O) groups excluding carboxylic acids is 1. The predicted octanol–water partition coefficient (Wildman–Crippen LogP) is 2.35. The van der Waals surface area contributed by atoms with Gasteiger partial charge in [-0.3, -0.25) is 4.79 Å². The van der Waals surface area contributed by atoms with Crippen molar-refractivity contribution in [2.45, 2.75) is 19.4 Å². The van der Waals surface area contributed by atoms with Gasteiger partial charge in [0.1, 0.15) is 5.82 Å². The zero-order valence-corrected chi connectivity index (χ0v) is 12.8.